The number of hydrogen-bond donors (Lipinski definition) is 1. The summed E-state index contributed by atoms with van der Waals surface area (Å²) < 4.78 is 5.33. The maximum atomic E-state index is 12.6. The summed E-state index contributed by atoms with van der Waals surface area (Å²) in [4.78, 5) is 24.1. The highest BCUT2D eigenvalue weighted by atomic mass is 32.1. The fourth-order valence-electron chi connectivity index (χ4n) is 3.83. The first-order chi connectivity index (χ1) is 14.3. The van der Waals surface area contributed by atoms with E-state index in [0.29, 0.717) is 16.6 Å². The van der Waals surface area contributed by atoms with E-state index < -0.39 is 0 Å². The number of aryl methyl sites for hydroxylation is 1. The van der Waals surface area contributed by atoms with Gasteiger partial charge in [0.15, 0.2) is 11.0 Å². The van der Waals surface area contributed by atoms with Crippen molar-refractivity contribution in [1.82, 2.24) is 14.9 Å². The molecule has 0 spiro atoms. The molecule has 0 bridgehead atoms. The molecule has 2 aromatic heterocycles. The number of aromatic nitrogens is 2. The highest BCUT2D eigenvalue weighted by Gasteiger charge is 2.29. The molecule has 1 aliphatic heterocycles. The van der Waals surface area contributed by atoms with Gasteiger partial charge in [0.1, 0.15) is 6.26 Å². The van der Waals surface area contributed by atoms with Crippen LogP contribution in [0.25, 0.3) is 0 Å². The van der Waals surface area contributed by atoms with Crippen molar-refractivity contribution in [2.45, 2.75) is 58.5 Å². The normalized spacial score (nSPS) is 17.4. The number of nitrogens with zero attached hydrogens (tertiary/aromatic N) is 3. The van der Waals surface area contributed by atoms with Crippen LogP contribution in [-0.4, -0.2) is 27.3 Å². The van der Waals surface area contributed by atoms with Gasteiger partial charge in [-0.3, -0.25) is 15.0 Å². The molecular formula is C23H28N4O2S. The lowest BCUT2D eigenvalue weighted by molar-refractivity contribution is 0.102. The van der Waals surface area contributed by atoms with E-state index >= 15 is 0 Å². The Balaban J connectivity index is 1.41. The molecule has 1 saturated heterocycles. The minimum atomic E-state index is -0.127. The monoisotopic (exact) mass is 424 g/mol. The third-order valence-electron chi connectivity index (χ3n) is 5.49. The Morgan fingerprint density at radius 2 is 2.03 bits per heavy atom. The second-order valence-corrected chi connectivity index (χ2v) is 9.70. The molecule has 3 heterocycles. The van der Waals surface area contributed by atoms with Gasteiger partial charge in [0.25, 0.3) is 5.91 Å². The summed E-state index contributed by atoms with van der Waals surface area (Å²) in [6, 6.07) is 8.04. The first-order valence-electron chi connectivity index (χ1n) is 10.3. The maximum absolute atomic E-state index is 12.6. The average Bonchev–Trinajstić information content (AvgIpc) is 3.43. The number of carbonyl (C=O) groups excluding carboxylic acids is 1. The predicted octanol–water partition coefficient (Wildman–Crippen LogP) is 5.33. The molecule has 1 amide bonds. The summed E-state index contributed by atoms with van der Waals surface area (Å²) in [7, 11) is 0. The summed E-state index contributed by atoms with van der Waals surface area (Å²) in [6.07, 6.45) is 3.91. The number of benzene rings is 1. The quantitative estimate of drug-likeness (QED) is 0.600. The van der Waals surface area contributed by atoms with Crippen molar-refractivity contribution in [3.05, 3.63) is 64.3 Å². The number of oxazole rings is 1. The third kappa shape index (κ3) is 4.63. The zero-order valence-electron chi connectivity index (χ0n) is 17.9. The lowest BCUT2D eigenvalue weighted by atomic mass is 9.87. The zero-order chi connectivity index (χ0) is 21.3. The first-order valence-corrected chi connectivity index (χ1v) is 11.2. The lowest BCUT2D eigenvalue weighted by Gasteiger charge is -2.21. The number of thiazole rings is 1. The fourth-order valence-corrected chi connectivity index (χ4v) is 4.58. The van der Waals surface area contributed by atoms with E-state index in [4.69, 9.17) is 9.40 Å². The van der Waals surface area contributed by atoms with Crippen molar-refractivity contribution in [3.8, 4) is 0 Å². The molecule has 1 aromatic carbocycles. The Hall–Kier alpha value is -2.51. The predicted molar refractivity (Wildman–Crippen MR) is 119 cm³/mol. The van der Waals surface area contributed by atoms with Crippen LogP contribution in [0, 0.1) is 6.92 Å². The minimum absolute atomic E-state index is 0.0665. The molecule has 1 fully saturated rings. The summed E-state index contributed by atoms with van der Waals surface area (Å²) in [6.45, 7) is 10.1. The van der Waals surface area contributed by atoms with Gasteiger partial charge in [-0.2, -0.15) is 0 Å². The van der Waals surface area contributed by atoms with Gasteiger partial charge in [-0.25, -0.2) is 9.97 Å². The van der Waals surface area contributed by atoms with E-state index in [-0.39, 0.29) is 17.4 Å². The van der Waals surface area contributed by atoms with Crippen molar-refractivity contribution in [2.24, 2.45) is 0 Å². The Labute approximate surface area is 181 Å². The molecule has 1 N–H and O–H groups in total. The number of hydrogen-bond acceptors (Lipinski definition) is 6. The highest BCUT2D eigenvalue weighted by molar-refractivity contribution is 7.14. The minimum Gasteiger partial charge on any atom is -0.449 e. The van der Waals surface area contributed by atoms with Gasteiger partial charge in [-0.15, -0.1) is 11.3 Å². The number of likely N-dealkylation sites (tertiary alicyclic amines) is 1. The van der Waals surface area contributed by atoms with Gasteiger partial charge in [0.2, 0.25) is 0 Å². The van der Waals surface area contributed by atoms with Crippen LogP contribution < -0.4 is 5.32 Å². The maximum Gasteiger partial charge on any atom is 0.257 e. The van der Waals surface area contributed by atoms with Crippen molar-refractivity contribution in [1.29, 1.82) is 0 Å². The Kier molecular flexibility index (Phi) is 5.75. The molecule has 1 atom stereocenters. The molecule has 0 aliphatic carbocycles. The lowest BCUT2D eigenvalue weighted by Crippen LogP contribution is -2.23. The summed E-state index contributed by atoms with van der Waals surface area (Å²) >= 11 is 1.48. The molecule has 7 heteroatoms. The van der Waals surface area contributed by atoms with E-state index in [1.807, 2.05) is 31.2 Å². The Morgan fingerprint density at radius 1 is 1.27 bits per heavy atom. The van der Waals surface area contributed by atoms with E-state index in [1.165, 1.54) is 16.9 Å². The first kappa shape index (κ1) is 20.8. The van der Waals surface area contributed by atoms with Crippen LogP contribution in [0.2, 0.25) is 0 Å². The van der Waals surface area contributed by atoms with Crippen molar-refractivity contribution < 1.29 is 9.21 Å². The van der Waals surface area contributed by atoms with Gasteiger partial charge in [-0.1, -0.05) is 32.9 Å². The van der Waals surface area contributed by atoms with Crippen molar-refractivity contribution in [2.75, 3.05) is 11.9 Å². The Bertz CT molecular complexity index is 1020. The van der Waals surface area contributed by atoms with E-state index in [9.17, 15) is 4.79 Å². The van der Waals surface area contributed by atoms with Crippen LogP contribution in [0.15, 0.2) is 40.3 Å². The number of rotatable bonds is 5. The second kappa shape index (κ2) is 8.32. The standard InChI is InChI=1S/C23H28N4O2S/c1-15-24-18(13-29-15)12-27-11-5-6-20(27)19-14-30-22(25-19)26-21(28)16-7-9-17(10-8-16)23(2,3)4/h7-10,13-14,20H,5-6,11-12H2,1-4H3,(H,25,26,28). The van der Waals surface area contributed by atoms with Crippen molar-refractivity contribution >= 4 is 22.4 Å². The highest BCUT2D eigenvalue weighted by Crippen LogP contribution is 2.34. The van der Waals surface area contributed by atoms with Crippen LogP contribution in [0.3, 0.4) is 0 Å². The number of amides is 1. The summed E-state index contributed by atoms with van der Waals surface area (Å²) in [5.41, 5.74) is 3.87. The molecule has 1 aliphatic rings. The van der Waals surface area contributed by atoms with Gasteiger partial charge in [0, 0.05) is 24.4 Å². The van der Waals surface area contributed by atoms with Crippen LogP contribution >= 0.6 is 11.3 Å². The van der Waals surface area contributed by atoms with Crippen molar-refractivity contribution in [3.63, 3.8) is 0 Å². The summed E-state index contributed by atoms with van der Waals surface area (Å²) in [5, 5.41) is 5.64. The van der Waals surface area contributed by atoms with Crippen LogP contribution in [0.1, 0.15) is 72.9 Å². The molecule has 30 heavy (non-hydrogen) atoms. The van der Waals surface area contributed by atoms with Gasteiger partial charge >= 0.3 is 0 Å². The SMILES string of the molecule is Cc1nc(CN2CCCC2c2csc(NC(=O)c3ccc(C(C)(C)C)cc3)n2)co1. The molecule has 0 radical (unpaired) electrons. The van der Waals surface area contributed by atoms with E-state index in [1.54, 1.807) is 6.26 Å². The molecule has 1 unspecified atom stereocenters. The third-order valence-corrected chi connectivity index (χ3v) is 6.27. The fraction of sp³-hybridized carbons (Fsp3) is 0.435. The molecule has 6 nitrogen and oxygen atoms in total. The molecule has 0 saturated carbocycles. The number of carbonyl (C=O) groups is 1. The van der Waals surface area contributed by atoms with Gasteiger partial charge < -0.3 is 4.42 Å². The largest absolute Gasteiger partial charge is 0.449 e. The average molecular weight is 425 g/mol. The van der Waals surface area contributed by atoms with Gasteiger partial charge in [-0.05, 0) is 42.5 Å². The molecule has 4 rings (SSSR count). The topological polar surface area (TPSA) is 71.3 Å². The summed E-state index contributed by atoms with van der Waals surface area (Å²) in [5.74, 6) is 0.563. The van der Waals surface area contributed by atoms with Crippen LogP contribution in [0.5, 0.6) is 0 Å². The van der Waals surface area contributed by atoms with Crippen LogP contribution in [0.4, 0.5) is 5.13 Å². The number of anilines is 1. The second-order valence-electron chi connectivity index (χ2n) is 8.85. The van der Waals surface area contributed by atoms with Gasteiger partial charge in [0.05, 0.1) is 17.4 Å². The molecular weight excluding hydrogens is 396 g/mol. The molecule has 3 aromatic rings. The van der Waals surface area contributed by atoms with Crippen LogP contribution in [-0.2, 0) is 12.0 Å². The van der Waals surface area contributed by atoms with E-state index in [0.717, 1.165) is 37.3 Å². The Morgan fingerprint density at radius 3 is 2.70 bits per heavy atom. The van der Waals surface area contributed by atoms with E-state index in [2.05, 4.69) is 41.4 Å². The zero-order valence-corrected chi connectivity index (χ0v) is 18.8. The smallest absolute Gasteiger partial charge is 0.257 e. The molecule has 158 valence electrons. The number of nitrogens with one attached hydrogen (secondary N) is 1.